The lowest BCUT2D eigenvalue weighted by Gasteiger charge is -2.09. The zero-order valence-corrected chi connectivity index (χ0v) is 24.0. The number of hydrogen-bond donors (Lipinski definition) is 0. The normalized spacial score (nSPS) is 11.3. The average Bonchev–Trinajstić information content (AvgIpc) is 2.92. The second-order valence-electron chi connectivity index (χ2n) is 8.13. The average molecular weight is 555 g/mol. The third kappa shape index (κ3) is 33.1. The monoisotopic (exact) mass is 554 g/mol. The highest BCUT2D eigenvalue weighted by atomic mass is 16.6. The quantitative estimate of drug-likeness (QED) is 0.0882. The van der Waals surface area contributed by atoms with Crippen LogP contribution in [0.15, 0.2) is 0 Å². The summed E-state index contributed by atoms with van der Waals surface area (Å²) in [7, 11) is 0. The third-order valence-electron chi connectivity index (χ3n) is 4.87. The van der Waals surface area contributed by atoms with Crippen LogP contribution >= 0.6 is 0 Å². The van der Waals surface area contributed by atoms with Gasteiger partial charge in [-0.25, -0.2) is 0 Å². The molecule has 0 aliphatic carbocycles. The van der Waals surface area contributed by atoms with E-state index >= 15 is 0 Å². The van der Waals surface area contributed by atoms with Crippen LogP contribution in [0.4, 0.5) is 0 Å². The molecule has 0 aromatic rings. The minimum Gasteiger partial charge on any atom is -0.466 e. The van der Waals surface area contributed by atoms with E-state index in [0.29, 0.717) is 119 Å². The Labute approximate surface area is 230 Å². The zero-order valence-electron chi connectivity index (χ0n) is 24.0. The fourth-order valence-corrected chi connectivity index (χ4v) is 2.88. The lowest BCUT2D eigenvalue weighted by Crippen LogP contribution is -2.15. The van der Waals surface area contributed by atoms with Crippen molar-refractivity contribution in [1.82, 2.24) is 0 Å². The number of carbonyl (C=O) groups is 1. The molecule has 11 nitrogen and oxygen atoms in total. The molecular formula is C27H54O11. The molecule has 0 aliphatic rings. The molecule has 0 amide bonds. The summed E-state index contributed by atoms with van der Waals surface area (Å²) in [6.07, 6.45) is 5.16. The summed E-state index contributed by atoms with van der Waals surface area (Å²) >= 11 is 0. The maximum Gasteiger partial charge on any atom is 0.308 e. The molecule has 0 heterocycles. The number of unbranched alkanes of at least 4 members (excludes halogenated alkanes) is 3. The summed E-state index contributed by atoms with van der Waals surface area (Å²) < 4.78 is 53.7. The maximum atomic E-state index is 11.1. The van der Waals surface area contributed by atoms with E-state index in [1.54, 1.807) is 6.92 Å². The Balaban J connectivity index is 3.04. The summed E-state index contributed by atoms with van der Waals surface area (Å²) in [6.45, 7) is 13.9. The molecule has 0 aliphatic heterocycles. The molecule has 0 saturated carbocycles. The molecule has 228 valence electrons. The van der Waals surface area contributed by atoms with Crippen molar-refractivity contribution in [2.75, 3.05) is 126 Å². The van der Waals surface area contributed by atoms with Gasteiger partial charge in [0.1, 0.15) is 0 Å². The summed E-state index contributed by atoms with van der Waals surface area (Å²) in [6, 6.07) is 0. The van der Waals surface area contributed by atoms with Gasteiger partial charge < -0.3 is 47.4 Å². The molecule has 0 saturated heterocycles. The predicted octanol–water partition coefficient (Wildman–Crippen LogP) is 2.67. The Morgan fingerprint density at radius 1 is 0.395 bits per heavy atom. The van der Waals surface area contributed by atoms with Crippen LogP contribution in [0, 0.1) is 0 Å². The van der Waals surface area contributed by atoms with Gasteiger partial charge in [0.05, 0.1) is 125 Å². The topological polar surface area (TPSA) is 109 Å². The summed E-state index contributed by atoms with van der Waals surface area (Å²) in [4.78, 5) is 11.1. The van der Waals surface area contributed by atoms with E-state index in [0.717, 1.165) is 13.0 Å². The van der Waals surface area contributed by atoms with Crippen molar-refractivity contribution in [2.24, 2.45) is 0 Å². The maximum absolute atomic E-state index is 11.1. The van der Waals surface area contributed by atoms with Crippen molar-refractivity contribution in [3.8, 4) is 0 Å². The van der Waals surface area contributed by atoms with E-state index in [4.69, 9.17) is 47.4 Å². The first-order valence-electron chi connectivity index (χ1n) is 14.2. The Kier molecular flexibility index (Phi) is 33.3. The number of ether oxygens (including phenoxy) is 10. The number of hydrogen-bond acceptors (Lipinski definition) is 11. The highest BCUT2D eigenvalue weighted by molar-refractivity contribution is 5.69. The van der Waals surface area contributed by atoms with Gasteiger partial charge in [0.25, 0.3) is 0 Å². The van der Waals surface area contributed by atoms with Crippen LogP contribution in [0.2, 0.25) is 0 Å². The second-order valence-corrected chi connectivity index (χ2v) is 8.13. The minimum absolute atomic E-state index is 0.246. The standard InChI is InChI=1S/C27H54O11/c1-3-5-6-7-9-29-11-13-31-15-17-33-19-21-35-23-25-37-26-24-36-22-20-34-18-16-32-14-12-30-10-8-27(28)38-4-2/h3-26H2,1-2H3. The molecule has 0 N–H and O–H groups in total. The number of carbonyl (C=O) groups excluding carboxylic acids is 1. The van der Waals surface area contributed by atoms with E-state index in [1.807, 2.05) is 0 Å². The molecule has 0 rings (SSSR count). The van der Waals surface area contributed by atoms with Crippen LogP contribution in [0.1, 0.15) is 46.0 Å². The molecule has 0 aromatic carbocycles. The molecule has 0 aromatic heterocycles. The highest BCUT2D eigenvalue weighted by Crippen LogP contribution is 1.98. The Hall–Kier alpha value is -0.890. The molecule has 0 bridgehead atoms. The van der Waals surface area contributed by atoms with E-state index < -0.39 is 0 Å². The lowest BCUT2D eigenvalue weighted by molar-refractivity contribution is -0.144. The molecule has 0 atom stereocenters. The smallest absolute Gasteiger partial charge is 0.308 e. The first-order chi connectivity index (χ1) is 18.8. The highest BCUT2D eigenvalue weighted by Gasteiger charge is 2.00. The zero-order chi connectivity index (χ0) is 27.6. The van der Waals surface area contributed by atoms with Gasteiger partial charge in [0.2, 0.25) is 0 Å². The summed E-state index contributed by atoms with van der Waals surface area (Å²) in [5.41, 5.74) is 0. The van der Waals surface area contributed by atoms with Crippen LogP contribution in [0.25, 0.3) is 0 Å². The van der Waals surface area contributed by atoms with Crippen LogP contribution in [-0.2, 0) is 52.2 Å². The molecule has 38 heavy (non-hydrogen) atoms. The molecule has 0 unspecified atom stereocenters. The Morgan fingerprint density at radius 3 is 1.03 bits per heavy atom. The van der Waals surface area contributed by atoms with E-state index in [-0.39, 0.29) is 12.4 Å². The van der Waals surface area contributed by atoms with E-state index in [2.05, 4.69) is 6.92 Å². The van der Waals surface area contributed by atoms with Crippen LogP contribution in [0.3, 0.4) is 0 Å². The largest absolute Gasteiger partial charge is 0.466 e. The number of esters is 1. The van der Waals surface area contributed by atoms with Crippen molar-refractivity contribution in [3.05, 3.63) is 0 Å². The van der Waals surface area contributed by atoms with E-state index in [9.17, 15) is 4.79 Å². The minimum atomic E-state index is -0.246. The third-order valence-corrected chi connectivity index (χ3v) is 4.87. The summed E-state index contributed by atoms with van der Waals surface area (Å²) in [5.74, 6) is -0.246. The second kappa shape index (κ2) is 34.1. The predicted molar refractivity (Wildman–Crippen MR) is 143 cm³/mol. The molecule has 0 spiro atoms. The first kappa shape index (κ1) is 37.1. The first-order valence-corrected chi connectivity index (χ1v) is 14.2. The van der Waals surface area contributed by atoms with Gasteiger partial charge in [0, 0.05) is 6.61 Å². The number of rotatable bonds is 33. The molecule has 0 fully saturated rings. The van der Waals surface area contributed by atoms with Crippen molar-refractivity contribution >= 4 is 5.97 Å². The van der Waals surface area contributed by atoms with Gasteiger partial charge in [-0.15, -0.1) is 0 Å². The van der Waals surface area contributed by atoms with Crippen molar-refractivity contribution in [1.29, 1.82) is 0 Å². The molecular weight excluding hydrogens is 500 g/mol. The van der Waals surface area contributed by atoms with Gasteiger partial charge >= 0.3 is 5.97 Å². The lowest BCUT2D eigenvalue weighted by atomic mass is 10.2. The van der Waals surface area contributed by atoms with Crippen molar-refractivity contribution in [2.45, 2.75) is 46.0 Å². The molecule has 0 radical (unpaired) electrons. The van der Waals surface area contributed by atoms with Gasteiger partial charge in [-0.3, -0.25) is 4.79 Å². The summed E-state index contributed by atoms with van der Waals surface area (Å²) in [5, 5.41) is 0. The van der Waals surface area contributed by atoms with Gasteiger partial charge in [-0.2, -0.15) is 0 Å². The van der Waals surface area contributed by atoms with Crippen molar-refractivity contribution in [3.63, 3.8) is 0 Å². The van der Waals surface area contributed by atoms with Crippen molar-refractivity contribution < 1.29 is 52.2 Å². The van der Waals surface area contributed by atoms with Crippen LogP contribution in [-0.4, -0.2) is 132 Å². The van der Waals surface area contributed by atoms with Crippen LogP contribution < -0.4 is 0 Å². The van der Waals surface area contributed by atoms with Gasteiger partial charge in [0.15, 0.2) is 0 Å². The Morgan fingerprint density at radius 2 is 0.711 bits per heavy atom. The van der Waals surface area contributed by atoms with E-state index in [1.165, 1.54) is 19.3 Å². The van der Waals surface area contributed by atoms with Crippen LogP contribution in [0.5, 0.6) is 0 Å². The SMILES string of the molecule is CCCCCCOCCOCCOCCOCCOCCOCCOCCOCCOCCC(=O)OCC. The Bertz CT molecular complexity index is 455. The fourth-order valence-electron chi connectivity index (χ4n) is 2.88. The fraction of sp³-hybridized carbons (Fsp3) is 0.963. The molecule has 11 heteroatoms. The van der Waals surface area contributed by atoms with Gasteiger partial charge in [-0.05, 0) is 13.3 Å². The van der Waals surface area contributed by atoms with Gasteiger partial charge in [-0.1, -0.05) is 26.2 Å².